The lowest BCUT2D eigenvalue weighted by molar-refractivity contribution is 0.461. The first-order valence-corrected chi connectivity index (χ1v) is 7.39. The molecule has 5 heteroatoms. The second-order valence-corrected chi connectivity index (χ2v) is 5.82. The van der Waals surface area contributed by atoms with Gasteiger partial charge in [0.05, 0.1) is 4.47 Å². The molecule has 0 bridgehead atoms. The molecule has 0 saturated heterocycles. The number of benzene rings is 2. The van der Waals surface area contributed by atoms with Crippen molar-refractivity contribution in [3.05, 3.63) is 58.1 Å². The van der Waals surface area contributed by atoms with Crippen molar-refractivity contribution in [3.63, 3.8) is 0 Å². The van der Waals surface area contributed by atoms with E-state index in [0.29, 0.717) is 28.1 Å². The largest absolute Gasteiger partial charge is 0.457 e. The molecule has 2 nitrogen and oxygen atoms in total. The van der Waals surface area contributed by atoms with Crippen molar-refractivity contribution >= 4 is 15.9 Å². The van der Waals surface area contributed by atoms with Gasteiger partial charge in [-0.25, -0.2) is 8.78 Å². The highest BCUT2D eigenvalue weighted by atomic mass is 79.9. The van der Waals surface area contributed by atoms with E-state index in [-0.39, 0.29) is 11.9 Å². The molecule has 0 radical (unpaired) electrons. The molecule has 0 aliphatic rings. The molecule has 2 rings (SSSR count). The molecule has 2 aromatic carbocycles. The van der Waals surface area contributed by atoms with Gasteiger partial charge in [0.1, 0.15) is 23.1 Å². The molecule has 0 aliphatic carbocycles. The summed E-state index contributed by atoms with van der Waals surface area (Å²) in [5.41, 5.74) is 0.687. The maximum absolute atomic E-state index is 13.5. The van der Waals surface area contributed by atoms with E-state index in [1.165, 1.54) is 18.2 Å². The van der Waals surface area contributed by atoms with Gasteiger partial charge in [0.25, 0.3) is 0 Å². The highest BCUT2D eigenvalue weighted by Gasteiger charge is 2.09. The van der Waals surface area contributed by atoms with Crippen LogP contribution in [0.25, 0.3) is 0 Å². The van der Waals surface area contributed by atoms with Gasteiger partial charge in [-0.1, -0.05) is 13.8 Å². The molecule has 0 aliphatic heterocycles. The average molecular weight is 356 g/mol. The third-order valence-corrected chi connectivity index (χ3v) is 3.49. The second-order valence-electron chi connectivity index (χ2n) is 4.97. The molecule has 0 amide bonds. The maximum Gasteiger partial charge on any atom is 0.141 e. The Morgan fingerprint density at radius 3 is 2.57 bits per heavy atom. The van der Waals surface area contributed by atoms with Crippen molar-refractivity contribution in [2.24, 2.45) is 0 Å². The molecule has 112 valence electrons. The SMILES string of the molecule is CC(C)NCc1cc(F)ccc1Oc1ccc(Br)c(F)c1. The van der Waals surface area contributed by atoms with Crippen LogP contribution in [0.2, 0.25) is 0 Å². The molecular weight excluding hydrogens is 340 g/mol. The maximum atomic E-state index is 13.5. The Labute approximate surface area is 131 Å². The lowest BCUT2D eigenvalue weighted by Crippen LogP contribution is -2.22. The number of hydrogen-bond donors (Lipinski definition) is 1. The molecule has 0 heterocycles. The fraction of sp³-hybridized carbons (Fsp3) is 0.250. The molecule has 0 atom stereocenters. The predicted octanol–water partition coefficient (Wildman–Crippen LogP) is 5.02. The van der Waals surface area contributed by atoms with Crippen LogP contribution in [0.4, 0.5) is 8.78 Å². The third-order valence-electron chi connectivity index (χ3n) is 2.84. The fourth-order valence-electron chi connectivity index (χ4n) is 1.77. The van der Waals surface area contributed by atoms with Crippen molar-refractivity contribution in [3.8, 4) is 11.5 Å². The number of nitrogens with one attached hydrogen (secondary N) is 1. The van der Waals surface area contributed by atoms with Crippen LogP contribution in [-0.2, 0) is 6.54 Å². The third kappa shape index (κ3) is 4.51. The summed E-state index contributed by atoms with van der Waals surface area (Å²) in [5.74, 6) is 0.140. The van der Waals surface area contributed by atoms with E-state index >= 15 is 0 Å². The fourth-order valence-corrected chi connectivity index (χ4v) is 2.01. The summed E-state index contributed by atoms with van der Waals surface area (Å²) in [6, 6.07) is 9.06. The molecule has 0 saturated carbocycles. The zero-order chi connectivity index (χ0) is 15.4. The van der Waals surface area contributed by atoms with Gasteiger partial charge >= 0.3 is 0 Å². The lowest BCUT2D eigenvalue weighted by atomic mass is 10.2. The minimum Gasteiger partial charge on any atom is -0.457 e. The van der Waals surface area contributed by atoms with Crippen LogP contribution >= 0.6 is 15.9 Å². The Kier molecular flexibility index (Phi) is 5.31. The van der Waals surface area contributed by atoms with Crippen LogP contribution in [0, 0.1) is 11.6 Å². The number of rotatable bonds is 5. The number of hydrogen-bond acceptors (Lipinski definition) is 2. The Balaban J connectivity index is 2.23. The van der Waals surface area contributed by atoms with Gasteiger partial charge < -0.3 is 10.1 Å². The minimum atomic E-state index is -0.406. The Morgan fingerprint density at radius 1 is 1.14 bits per heavy atom. The van der Waals surface area contributed by atoms with E-state index in [1.807, 2.05) is 13.8 Å². The van der Waals surface area contributed by atoms with E-state index in [2.05, 4.69) is 21.2 Å². The zero-order valence-corrected chi connectivity index (χ0v) is 13.4. The molecule has 2 aromatic rings. The van der Waals surface area contributed by atoms with Crippen molar-refractivity contribution in [2.75, 3.05) is 0 Å². The summed E-state index contributed by atoms with van der Waals surface area (Å²) >= 11 is 3.09. The number of ether oxygens (including phenoxy) is 1. The summed E-state index contributed by atoms with van der Waals surface area (Å²) in [7, 11) is 0. The zero-order valence-electron chi connectivity index (χ0n) is 11.8. The Morgan fingerprint density at radius 2 is 1.90 bits per heavy atom. The van der Waals surface area contributed by atoms with Gasteiger partial charge in [0.2, 0.25) is 0 Å². The van der Waals surface area contributed by atoms with E-state index in [9.17, 15) is 8.78 Å². The molecule has 1 N–H and O–H groups in total. The van der Waals surface area contributed by atoms with E-state index < -0.39 is 5.82 Å². The van der Waals surface area contributed by atoms with Crippen LogP contribution in [0.3, 0.4) is 0 Å². The van der Waals surface area contributed by atoms with Gasteiger partial charge in [-0.2, -0.15) is 0 Å². The van der Waals surface area contributed by atoms with Crippen LogP contribution in [0.5, 0.6) is 11.5 Å². The standard InChI is InChI=1S/C16H16BrF2NO/c1-10(2)20-9-11-7-12(18)3-6-16(11)21-13-4-5-14(17)15(19)8-13/h3-8,10,20H,9H2,1-2H3. The van der Waals surface area contributed by atoms with Crippen LogP contribution in [0.15, 0.2) is 40.9 Å². The van der Waals surface area contributed by atoms with Gasteiger partial charge in [-0.3, -0.25) is 0 Å². The average Bonchev–Trinajstić information content (AvgIpc) is 2.43. The highest BCUT2D eigenvalue weighted by molar-refractivity contribution is 9.10. The molecule has 21 heavy (non-hydrogen) atoms. The van der Waals surface area contributed by atoms with Crippen LogP contribution in [-0.4, -0.2) is 6.04 Å². The predicted molar refractivity (Wildman–Crippen MR) is 82.5 cm³/mol. The van der Waals surface area contributed by atoms with Crippen LogP contribution < -0.4 is 10.1 Å². The van der Waals surface area contributed by atoms with E-state index in [4.69, 9.17) is 4.74 Å². The van der Waals surface area contributed by atoms with Crippen molar-refractivity contribution in [1.82, 2.24) is 5.32 Å². The summed E-state index contributed by atoms with van der Waals surface area (Å²) in [5, 5.41) is 3.21. The second kappa shape index (κ2) is 7.00. The lowest BCUT2D eigenvalue weighted by Gasteiger charge is -2.14. The first-order chi connectivity index (χ1) is 9.95. The molecular formula is C16H16BrF2NO. The molecule has 0 unspecified atom stereocenters. The van der Waals surface area contributed by atoms with Gasteiger partial charge in [0.15, 0.2) is 0 Å². The van der Waals surface area contributed by atoms with Crippen molar-refractivity contribution < 1.29 is 13.5 Å². The topological polar surface area (TPSA) is 21.3 Å². The van der Waals surface area contributed by atoms with Gasteiger partial charge in [-0.05, 0) is 46.3 Å². The molecule has 0 spiro atoms. The number of halogens is 3. The first kappa shape index (κ1) is 15.9. The first-order valence-electron chi connectivity index (χ1n) is 6.60. The summed E-state index contributed by atoms with van der Waals surface area (Å²) in [6.07, 6.45) is 0. The molecule has 0 fully saturated rings. The van der Waals surface area contributed by atoms with Crippen LogP contribution in [0.1, 0.15) is 19.4 Å². The minimum absolute atomic E-state index is 0.270. The normalized spacial score (nSPS) is 11.0. The Bertz CT molecular complexity index is 632. The van der Waals surface area contributed by atoms with Crippen molar-refractivity contribution in [1.29, 1.82) is 0 Å². The summed E-state index contributed by atoms with van der Waals surface area (Å²) in [4.78, 5) is 0. The van der Waals surface area contributed by atoms with Crippen molar-refractivity contribution in [2.45, 2.75) is 26.4 Å². The summed E-state index contributed by atoms with van der Waals surface area (Å²) < 4.78 is 32.9. The summed E-state index contributed by atoms with van der Waals surface area (Å²) in [6.45, 7) is 4.48. The van der Waals surface area contributed by atoms with Gasteiger partial charge in [-0.15, -0.1) is 0 Å². The van der Waals surface area contributed by atoms with E-state index in [0.717, 1.165) is 0 Å². The smallest absolute Gasteiger partial charge is 0.141 e. The van der Waals surface area contributed by atoms with E-state index in [1.54, 1.807) is 18.2 Å². The Hall–Kier alpha value is -1.46. The highest BCUT2D eigenvalue weighted by Crippen LogP contribution is 2.28. The monoisotopic (exact) mass is 355 g/mol. The quantitative estimate of drug-likeness (QED) is 0.813. The van der Waals surface area contributed by atoms with Gasteiger partial charge in [0, 0.05) is 24.2 Å². The molecule has 0 aromatic heterocycles.